The fourth-order valence-electron chi connectivity index (χ4n) is 4.43. The maximum Gasteiger partial charge on any atom is 0.224 e. The van der Waals surface area contributed by atoms with Crippen molar-refractivity contribution in [3.63, 3.8) is 0 Å². The first-order valence-electron chi connectivity index (χ1n) is 10.5. The molecule has 0 unspecified atom stereocenters. The van der Waals surface area contributed by atoms with Crippen molar-refractivity contribution in [1.82, 2.24) is 14.3 Å². The van der Waals surface area contributed by atoms with Crippen LogP contribution in [0.1, 0.15) is 43.0 Å². The van der Waals surface area contributed by atoms with E-state index in [2.05, 4.69) is 66.2 Å². The van der Waals surface area contributed by atoms with Crippen LogP contribution in [-0.4, -0.2) is 46.5 Å². The summed E-state index contributed by atoms with van der Waals surface area (Å²) in [5, 5.41) is 0. The van der Waals surface area contributed by atoms with Crippen LogP contribution in [-0.2, 0) is 14.9 Å². The number of piperidine rings is 1. The average Bonchev–Trinajstić information content (AvgIpc) is 3.21. The number of aryl methyl sites for hydroxylation is 1. The van der Waals surface area contributed by atoms with Gasteiger partial charge in [-0.05, 0) is 43.9 Å². The first-order valence-corrected chi connectivity index (χ1v) is 10.5. The van der Waals surface area contributed by atoms with Gasteiger partial charge in [0.1, 0.15) is 5.65 Å². The molecule has 0 radical (unpaired) electrons. The Labute approximate surface area is 172 Å². The van der Waals surface area contributed by atoms with Gasteiger partial charge in [0.2, 0.25) is 5.91 Å². The zero-order valence-corrected chi connectivity index (χ0v) is 17.3. The number of rotatable bonds is 6. The third-order valence-corrected chi connectivity index (χ3v) is 6.13. The fraction of sp³-hybridized carbons (Fsp3) is 0.417. The Hall–Kier alpha value is -2.66. The number of likely N-dealkylation sites (tertiary alicyclic amines) is 1. The van der Waals surface area contributed by atoms with Crippen molar-refractivity contribution in [2.45, 2.75) is 38.5 Å². The molecule has 2 aromatic heterocycles. The monoisotopic (exact) mass is 391 g/mol. The van der Waals surface area contributed by atoms with E-state index in [1.54, 1.807) is 0 Å². The molecule has 3 aromatic rings. The number of carbonyl (C=O) groups is 1. The van der Waals surface area contributed by atoms with Crippen LogP contribution < -0.4 is 0 Å². The van der Waals surface area contributed by atoms with Crippen molar-refractivity contribution >= 4 is 11.6 Å². The van der Waals surface area contributed by atoms with Crippen LogP contribution in [0.4, 0.5) is 0 Å². The minimum atomic E-state index is -0.170. The number of nitrogens with zero attached hydrogens (tertiary/aromatic N) is 3. The van der Waals surface area contributed by atoms with E-state index in [1.165, 1.54) is 11.1 Å². The Kier molecular flexibility index (Phi) is 5.67. The van der Waals surface area contributed by atoms with Gasteiger partial charge in [0.15, 0.2) is 0 Å². The second-order valence-electron chi connectivity index (χ2n) is 7.82. The van der Waals surface area contributed by atoms with Crippen LogP contribution in [0.3, 0.4) is 0 Å². The molecule has 0 bridgehead atoms. The molecule has 5 heteroatoms. The molecule has 4 rings (SSSR count). The summed E-state index contributed by atoms with van der Waals surface area (Å²) in [7, 11) is 0. The molecule has 1 aromatic carbocycles. The van der Waals surface area contributed by atoms with Gasteiger partial charge in [-0.15, -0.1) is 0 Å². The summed E-state index contributed by atoms with van der Waals surface area (Å²) in [4.78, 5) is 19.6. The van der Waals surface area contributed by atoms with Crippen LogP contribution >= 0.6 is 0 Å². The lowest BCUT2D eigenvalue weighted by atomic mass is 9.70. The van der Waals surface area contributed by atoms with Gasteiger partial charge in [-0.2, -0.15) is 0 Å². The Balaban J connectivity index is 1.64. The van der Waals surface area contributed by atoms with E-state index in [0.717, 1.165) is 37.3 Å². The van der Waals surface area contributed by atoms with Gasteiger partial charge in [0.25, 0.3) is 0 Å². The van der Waals surface area contributed by atoms with Crippen LogP contribution in [0.5, 0.6) is 0 Å². The molecule has 0 N–H and O–H groups in total. The minimum Gasteiger partial charge on any atom is -0.381 e. The zero-order chi connectivity index (χ0) is 20.3. The average molecular weight is 392 g/mol. The molecule has 5 nitrogen and oxygen atoms in total. The Morgan fingerprint density at radius 1 is 1.14 bits per heavy atom. The van der Waals surface area contributed by atoms with Gasteiger partial charge in [0, 0.05) is 37.5 Å². The standard InChI is InChI=1S/C24H29N3O2/c1-3-29-17-11-22(28)26-15-12-24(13-16-26,20-9-5-4-6-10-20)21-18-27-14-7-8-19(2)23(27)25-21/h4-10,14,18H,3,11-13,15-17H2,1-2H3. The molecule has 3 heterocycles. The van der Waals surface area contributed by atoms with Crippen LogP contribution in [0.2, 0.25) is 0 Å². The molecular formula is C24H29N3O2. The van der Waals surface area contributed by atoms with E-state index in [1.807, 2.05) is 11.8 Å². The quantitative estimate of drug-likeness (QED) is 0.597. The van der Waals surface area contributed by atoms with Gasteiger partial charge in [-0.3, -0.25) is 4.79 Å². The first kappa shape index (κ1) is 19.6. The van der Waals surface area contributed by atoms with Crippen LogP contribution in [0, 0.1) is 6.92 Å². The van der Waals surface area contributed by atoms with E-state index in [-0.39, 0.29) is 11.3 Å². The third kappa shape index (κ3) is 3.79. The molecule has 0 saturated carbocycles. The van der Waals surface area contributed by atoms with Gasteiger partial charge < -0.3 is 14.0 Å². The van der Waals surface area contributed by atoms with Crippen molar-refractivity contribution in [1.29, 1.82) is 0 Å². The van der Waals surface area contributed by atoms with E-state index in [9.17, 15) is 4.79 Å². The number of carbonyl (C=O) groups excluding carboxylic acids is 1. The highest BCUT2D eigenvalue weighted by Gasteiger charge is 2.40. The minimum absolute atomic E-state index is 0.170. The lowest BCUT2D eigenvalue weighted by Gasteiger charge is -2.41. The van der Waals surface area contributed by atoms with E-state index >= 15 is 0 Å². The maximum atomic E-state index is 12.6. The summed E-state index contributed by atoms with van der Waals surface area (Å²) in [6, 6.07) is 14.8. The molecule has 1 aliphatic rings. The smallest absolute Gasteiger partial charge is 0.224 e. The normalized spacial score (nSPS) is 16.3. The lowest BCUT2D eigenvalue weighted by Crippen LogP contribution is -2.46. The third-order valence-electron chi connectivity index (χ3n) is 6.13. The number of amides is 1. The Bertz CT molecular complexity index is 972. The number of hydrogen-bond acceptors (Lipinski definition) is 3. The molecule has 0 atom stereocenters. The van der Waals surface area contributed by atoms with Gasteiger partial charge >= 0.3 is 0 Å². The zero-order valence-electron chi connectivity index (χ0n) is 17.3. The molecule has 1 aliphatic heterocycles. The van der Waals surface area contributed by atoms with Crippen LogP contribution in [0.25, 0.3) is 5.65 Å². The summed E-state index contributed by atoms with van der Waals surface area (Å²) in [5.41, 5.74) is 4.39. The number of aromatic nitrogens is 2. The molecule has 1 saturated heterocycles. The van der Waals surface area contributed by atoms with Gasteiger partial charge in [0.05, 0.1) is 18.7 Å². The number of fused-ring (bicyclic) bond motifs is 1. The lowest BCUT2D eigenvalue weighted by molar-refractivity contribution is -0.133. The Morgan fingerprint density at radius 3 is 2.59 bits per heavy atom. The topological polar surface area (TPSA) is 46.8 Å². The number of imidazole rings is 1. The predicted molar refractivity (Wildman–Crippen MR) is 114 cm³/mol. The van der Waals surface area contributed by atoms with Crippen LogP contribution in [0.15, 0.2) is 54.9 Å². The highest BCUT2D eigenvalue weighted by atomic mass is 16.5. The second-order valence-corrected chi connectivity index (χ2v) is 7.82. The molecule has 152 valence electrons. The number of pyridine rings is 1. The van der Waals surface area contributed by atoms with Crippen molar-refractivity contribution < 1.29 is 9.53 Å². The summed E-state index contributed by atoms with van der Waals surface area (Å²) >= 11 is 0. The predicted octanol–water partition coefficient (Wildman–Crippen LogP) is 3.98. The fourth-order valence-corrected chi connectivity index (χ4v) is 4.43. The molecular weight excluding hydrogens is 362 g/mol. The molecule has 0 spiro atoms. The van der Waals surface area contributed by atoms with E-state index in [0.29, 0.717) is 19.6 Å². The largest absolute Gasteiger partial charge is 0.381 e. The first-order chi connectivity index (χ1) is 14.1. The number of benzene rings is 1. The number of hydrogen-bond donors (Lipinski definition) is 0. The second kappa shape index (κ2) is 8.37. The van der Waals surface area contributed by atoms with Gasteiger partial charge in [-0.25, -0.2) is 4.98 Å². The number of ether oxygens (including phenoxy) is 1. The van der Waals surface area contributed by atoms with E-state index < -0.39 is 0 Å². The Morgan fingerprint density at radius 2 is 1.90 bits per heavy atom. The van der Waals surface area contributed by atoms with Crippen molar-refractivity contribution in [3.05, 3.63) is 71.7 Å². The van der Waals surface area contributed by atoms with Crippen molar-refractivity contribution in [2.75, 3.05) is 26.3 Å². The maximum absolute atomic E-state index is 12.6. The molecule has 29 heavy (non-hydrogen) atoms. The molecule has 0 aliphatic carbocycles. The summed E-state index contributed by atoms with van der Waals surface area (Å²) in [6.07, 6.45) is 6.44. The summed E-state index contributed by atoms with van der Waals surface area (Å²) in [5.74, 6) is 0.186. The molecule has 1 amide bonds. The SMILES string of the molecule is CCOCCC(=O)N1CCC(c2ccccc2)(c2cn3cccc(C)c3n2)CC1. The van der Waals surface area contributed by atoms with Gasteiger partial charge in [-0.1, -0.05) is 36.4 Å². The summed E-state index contributed by atoms with van der Waals surface area (Å²) in [6.45, 7) is 6.69. The molecule has 1 fully saturated rings. The van der Waals surface area contributed by atoms with Crippen molar-refractivity contribution in [2.24, 2.45) is 0 Å². The summed E-state index contributed by atoms with van der Waals surface area (Å²) < 4.78 is 7.48. The van der Waals surface area contributed by atoms with E-state index in [4.69, 9.17) is 9.72 Å². The highest BCUT2D eigenvalue weighted by Crippen LogP contribution is 2.41. The van der Waals surface area contributed by atoms with Crippen molar-refractivity contribution in [3.8, 4) is 0 Å². The highest BCUT2D eigenvalue weighted by molar-refractivity contribution is 5.76.